The molecule has 0 radical (unpaired) electrons. The first-order valence-corrected chi connectivity index (χ1v) is 11.0. The lowest BCUT2D eigenvalue weighted by molar-refractivity contribution is -0.115. The van der Waals surface area contributed by atoms with Gasteiger partial charge in [-0.2, -0.15) is 0 Å². The molecule has 156 valence electrons. The maximum absolute atomic E-state index is 12.7. The number of amides is 2. The predicted molar refractivity (Wildman–Crippen MR) is 128 cm³/mol. The maximum atomic E-state index is 12.7. The van der Waals surface area contributed by atoms with Gasteiger partial charge in [0.1, 0.15) is 0 Å². The van der Waals surface area contributed by atoms with Gasteiger partial charge in [-0.1, -0.05) is 58.8 Å². The molecule has 4 aromatic rings. The van der Waals surface area contributed by atoms with Crippen molar-refractivity contribution >= 4 is 67.4 Å². The van der Waals surface area contributed by atoms with Crippen LogP contribution in [0.25, 0.3) is 10.2 Å². The van der Waals surface area contributed by atoms with Crippen LogP contribution < -0.4 is 10.6 Å². The van der Waals surface area contributed by atoms with Gasteiger partial charge >= 0.3 is 0 Å². The molecule has 0 saturated carbocycles. The number of rotatable bonds is 5. The van der Waals surface area contributed by atoms with E-state index in [2.05, 4.69) is 15.6 Å². The molecule has 0 aliphatic heterocycles. The number of hydrogen-bond acceptors (Lipinski definition) is 4. The summed E-state index contributed by atoms with van der Waals surface area (Å²) in [6, 6.07) is 17.8. The lowest BCUT2D eigenvalue weighted by atomic mass is 10.1. The number of carbonyl (C=O) groups is 2. The van der Waals surface area contributed by atoms with Crippen molar-refractivity contribution in [2.45, 2.75) is 13.3 Å². The van der Waals surface area contributed by atoms with Crippen molar-refractivity contribution in [1.82, 2.24) is 4.98 Å². The van der Waals surface area contributed by atoms with E-state index in [9.17, 15) is 9.59 Å². The van der Waals surface area contributed by atoms with E-state index >= 15 is 0 Å². The number of carbonyl (C=O) groups excluding carboxylic acids is 2. The third-order valence-electron chi connectivity index (χ3n) is 4.64. The van der Waals surface area contributed by atoms with E-state index < -0.39 is 0 Å². The second-order valence-electron chi connectivity index (χ2n) is 6.94. The number of aromatic nitrogens is 1. The number of thiazole rings is 1. The lowest BCUT2D eigenvalue weighted by Gasteiger charge is -2.10. The van der Waals surface area contributed by atoms with Crippen molar-refractivity contribution in [3.8, 4) is 0 Å². The molecule has 0 unspecified atom stereocenters. The van der Waals surface area contributed by atoms with E-state index in [1.54, 1.807) is 36.4 Å². The van der Waals surface area contributed by atoms with Gasteiger partial charge in [-0.15, -0.1) is 0 Å². The molecule has 2 N–H and O–H groups in total. The second-order valence-corrected chi connectivity index (χ2v) is 8.81. The predicted octanol–water partition coefficient (Wildman–Crippen LogP) is 6.35. The van der Waals surface area contributed by atoms with Gasteiger partial charge in [-0.3, -0.25) is 9.59 Å². The highest BCUT2D eigenvalue weighted by atomic mass is 35.5. The first kappa shape index (κ1) is 21.3. The van der Waals surface area contributed by atoms with Crippen molar-refractivity contribution in [2.75, 3.05) is 10.6 Å². The van der Waals surface area contributed by atoms with Crippen LogP contribution in [0.1, 0.15) is 21.5 Å². The van der Waals surface area contributed by atoms with Crippen LogP contribution in [-0.2, 0) is 11.2 Å². The Balaban J connectivity index is 1.48. The van der Waals surface area contributed by atoms with Crippen molar-refractivity contribution in [1.29, 1.82) is 0 Å². The van der Waals surface area contributed by atoms with Crippen molar-refractivity contribution < 1.29 is 9.59 Å². The van der Waals surface area contributed by atoms with Crippen LogP contribution in [0.3, 0.4) is 0 Å². The number of anilines is 2. The summed E-state index contributed by atoms with van der Waals surface area (Å²) >= 11 is 13.4. The van der Waals surface area contributed by atoms with Gasteiger partial charge in [-0.25, -0.2) is 4.98 Å². The fourth-order valence-electron chi connectivity index (χ4n) is 3.05. The summed E-state index contributed by atoms with van der Waals surface area (Å²) in [4.78, 5) is 29.5. The van der Waals surface area contributed by atoms with Gasteiger partial charge in [0, 0.05) is 10.6 Å². The first-order valence-electron chi connectivity index (χ1n) is 9.40. The Kier molecular flexibility index (Phi) is 6.23. The molecule has 0 aliphatic rings. The standard InChI is InChI=1S/C23H17Cl2N3O2S/c1-13-3-2-4-17(25)21(13)28-22(30)15-7-10-18-19(12-15)31-23(26-18)27-20(29)11-14-5-8-16(24)9-6-14/h2-10,12H,11H2,1H3,(H,28,30)(H,26,27,29). The normalized spacial score (nSPS) is 10.8. The second kappa shape index (κ2) is 9.06. The number of fused-ring (bicyclic) bond motifs is 1. The van der Waals surface area contributed by atoms with Crippen LogP contribution in [0, 0.1) is 6.92 Å². The first-order chi connectivity index (χ1) is 14.9. The fourth-order valence-corrected chi connectivity index (χ4v) is 4.36. The quantitative estimate of drug-likeness (QED) is 0.357. The Bertz CT molecular complexity index is 1270. The van der Waals surface area contributed by atoms with E-state index in [-0.39, 0.29) is 18.2 Å². The average Bonchev–Trinajstić information content (AvgIpc) is 3.13. The molecule has 4 rings (SSSR count). The molecule has 1 heterocycles. The van der Waals surface area contributed by atoms with Gasteiger partial charge in [0.05, 0.1) is 27.3 Å². The molecule has 0 fully saturated rings. The number of aryl methyl sites for hydroxylation is 1. The van der Waals surface area contributed by atoms with Crippen LogP contribution in [-0.4, -0.2) is 16.8 Å². The Morgan fingerprint density at radius 3 is 2.52 bits per heavy atom. The minimum Gasteiger partial charge on any atom is -0.320 e. The number of benzene rings is 3. The topological polar surface area (TPSA) is 71.1 Å². The minimum atomic E-state index is -0.264. The highest BCUT2D eigenvalue weighted by Gasteiger charge is 2.14. The summed E-state index contributed by atoms with van der Waals surface area (Å²) < 4.78 is 0.797. The third-order valence-corrected chi connectivity index (χ3v) is 6.14. The summed E-state index contributed by atoms with van der Waals surface area (Å²) in [7, 11) is 0. The summed E-state index contributed by atoms with van der Waals surface area (Å²) in [5, 5.41) is 7.27. The Morgan fingerprint density at radius 2 is 1.77 bits per heavy atom. The molecule has 31 heavy (non-hydrogen) atoms. The third kappa shape index (κ3) is 5.05. The number of hydrogen-bond donors (Lipinski definition) is 2. The maximum Gasteiger partial charge on any atom is 0.255 e. The largest absolute Gasteiger partial charge is 0.320 e. The van der Waals surface area contributed by atoms with Gasteiger partial charge in [0.15, 0.2) is 5.13 Å². The summed E-state index contributed by atoms with van der Waals surface area (Å²) in [6.45, 7) is 1.88. The molecule has 0 spiro atoms. The van der Waals surface area contributed by atoms with E-state index in [1.165, 1.54) is 11.3 Å². The van der Waals surface area contributed by atoms with Crippen molar-refractivity contribution in [3.63, 3.8) is 0 Å². The highest BCUT2D eigenvalue weighted by Crippen LogP contribution is 2.29. The Labute approximate surface area is 193 Å². The minimum absolute atomic E-state index is 0.173. The SMILES string of the molecule is Cc1cccc(Cl)c1NC(=O)c1ccc2nc(NC(=O)Cc3ccc(Cl)cc3)sc2c1. The molecular formula is C23H17Cl2N3O2S. The molecule has 0 atom stereocenters. The van der Waals surface area contributed by atoms with Crippen LogP contribution in [0.5, 0.6) is 0 Å². The average molecular weight is 470 g/mol. The number of para-hydroxylation sites is 1. The van der Waals surface area contributed by atoms with E-state index in [0.29, 0.717) is 31.9 Å². The molecule has 2 amide bonds. The van der Waals surface area contributed by atoms with E-state index in [0.717, 1.165) is 15.8 Å². The van der Waals surface area contributed by atoms with Crippen LogP contribution in [0.15, 0.2) is 60.7 Å². The number of halogens is 2. The van der Waals surface area contributed by atoms with Gasteiger partial charge in [-0.05, 0) is 54.4 Å². The zero-order valence-corrected chi connectivity index (χ0v) is 18.7. The zero-order chi connectivity index (χ0) is 22.0. The molecule has 0 bridgehead atoms. The Hall–Kier alpha value is -2.93. The molecule has 5 nitrogen and oxygen atoms in total. The molecule has 8 heteroatoms. The van der Waals surface area contributed by atoms with Crippen LogP contribution >= 0.6 is 34.5 Å². The molecule has 0 aliphatic carbocycles. The number of nitrogens with one attached hydrogen (secondary N) is 2. The van der Waals surface area contributed by atoms with Crippen molar-refractivity contribution in [2.24, 2.45) is 0 Å². The molecule has 3 aromatic carbocycles. The highest BCUT2D eigenvalue weighted by molar-refractivity contribution is 7.22. The van der Waals surface area contributed by atoms with Crippen LogP contribution in [0.4, 0.5) is 10.8 Å². The van der Waals surface area contributed by atoms with Gasteiger partial charge in [0.2, 0.25) is 5.91 Å². The van der Waals surface area contributed by atoms with E-state index in [1.807, 2.05) is 31.2 Å². The lowest BCUT2D eigenvalue weighted by Crippen LogP contribution is -2.14. The summed E-state index contributed by atoms with van der Waals surface area (Å²) in [5.41, 5.74) is 3.52. The fraction of sp³-hybridized carbons (Fsp3) is 0.0870. The molecule has 1 aromatic heterocycles. The zero-order valence-electron chi connectivity index (χ0n) is 16.4. The van der Waals surface area contributed by atoms with Gasteiger partial charge < -0.3 is 10.6 Å². The van der Waals surface area contributed by atoms with Crippen molar-refractivity contribution in [3.05, 3.63) is 87.4 Å². The monoisotopic (exact) mass is 469 g/mol. The smallest absolute Gasteiger partial charge is 0.255 e. The molecular weight excluding hydrogens is 453 g/mol. The van der Waals surface area contributed by atoms with Crippen LogP contribution in [0.2, 0.25) is 10.0 Å². The van der Waals surface area contributed by atoms with E-state index in [4.69, 9.17) is 23.2 Å². The Morgan fingerprint density at radius 1 is 1.00 bits per heavy atom. The summed E-state index contributed by atoms with van der Waals surface area (Å²) in [5.74, 6) is -0.437. The van der Waals surface area contributed by atoms with Gasteiger partial charge in [0.25, 0.3) is 5.91 Å². The number of nitrogens with zero attached hydrogens (tertiary/aromatic N) is 1. The summed E-state index contributed by atoms with van der Waals surface area (Å²) in [6.07, 6.45) is 0.220. The molecule has 0 saturated heterocycles.